The number of carboxylic acids is 1. The molecule has 0 unspecified atom stereocenters. The molecule has 0 radical (unpaired) electrons. The van der Waals surface area contributed by atoms with Crippen LogP contribution in [0.3, 0.4) is 0 Å². The summed E-state index contributed by atoms with van der Waals surface area (Å²) in [4.78, 5) is 10.5. The van der Waals surface area contributed by atoms with E-state index in [0.29, 0.717) is 12.2 Å². The number of carbonyl (C=O) groups is 1. The molecule has 14 heavy (non-hydrogen) atoms. The van der Waals surface area contributed by atoms with E-state index in [4.69, 9.17) is 10.4 Å². The zero-order valence-corrected chi connectivity index (χ0v) is 7.64. The smallest absolute Gasteiger partial charge is 0.346 e. The van der Waals surface area contributed by atoms with Crippen molar-refractivity contribution in [2.75, 3.05) is 0 Å². The van der Waals surface area contributed by atoms with Gasteiger partial charge in [0.25, 0.3) is 0 Å². The maximum absolute atomic E-state index is 10.5. The van der Waals surface area contributed by atoms with Gasteiger partial charge in [-0.2, -0.15) is 10.4 Å². The number of aliphatic carboxylic acids is 1. The molecular formula is C9H9N3O2. The van der Waals surface area contributed by atoms with Crippen molar-refractivity contribution in [2.24, 2.45) is 0 Å². The van der Waals surface area contributed by atoms with Crippen LogP contribution in [0, 0.1) is 11.3 Å². The Morgan fingerprint density at radius 2 is 2.57 bits per heavy atom. The van der Waals surface area contributed by atoms with Gasteiger partial charge < -0.3 is 5.11 Å². The summed E-state index contributed by atoms with van der Waals surface area (Å²) in [5.41, 5.74) is 0.326. The first-order chi connectivity index (χ1) is 6.69. The number of hydrogen-bond acceptors (Lipinski definition) is 3. The van der Waals surface area contributed by atoms with Crippen molar-refractivity contribution in [3.8, 4) is 6.07 Å². The number of aromatic nitrogens is 2. The molecule has 1 N–H and O–H groups in total. The van der Waals surface area contributed by atoms with E-state index in [1.54, 1.807) is 23.0 Å². The molecule has 0 aliphatic heterocycles. The normalized spacial score (nSPS) is 11.0. The molecule has 1 heterocycles. The Bertz CT molecular complexity index is 412. The van der Waals surface area contributed by atoms with E-state index in [1.807, 2.05) is 6.92 Å². The van der Waals surface area contributed by atoms with Crippen molar-refractivity contribution in [3.63, 3.8) is 0 Å². The molecule has 1 aromatic rings. The first kappa shape index (κ1) is 9.99. The highest BCUT2D eigenvalue weighted by Gasteiger charge is 2.07. The largest absolute Gasteiger partial charge is 0.477 e. The molecular weight excluding hydrogens is 182 g/mol. The summed E-state index contributed by atoms with van der Waals surface area (Å²) in [5, 5.41) is 21.1. The van der Waals surface area contributed by atoms with Crippen LogP contribution < -0.4 is 0 Å². The Labute approximate surface area is 80.9 Å². The fraction of sp³-hybridized carbons (Fsp3) is 0.222. The van der Waals surface area contributed by atoms with E-state index in [-0.39, 0.29) is 5.57 Å². The summed E-state index contributed by atoms with van der Waals surface area (Å²) in [6, 6.07) is 3.27. The number of nitrogens with zero attached hydrogens (tertiary/aromatic N) is 3. The molecule has 5 heteroatoms. The second kappa shape index (κ2) is 4.23. The standard InChI is InChI=1S/C9H9N3O2/c1-2-12-8(3-4-11-12)5-7(6-10)9(13)14/h3-5H,2H2,1H3,(H,13,14)/b7-5-. The third-order valence-electron chi connectivity index (χ3n) is 1.69. The van der Waals surface area contributed by atoms with Crippen molar-refractivity contribution in [1.29, 1.82) is 5.26 Å². The maximum atomic E-state index is 10.5. The average Bonchev–Trinajstić information content (AvgIpc) is 2.60. The van der Waals surface area contributed by atoms with Crippen LogP contribution >= 0.6 is 0 Å². The van der Waals surface area contributed by atoms with Gasteiger partial charge in [-0.15, -0.1) is 0 Å². The van der Waals surface area contributed by atoms with E-state index < -0.39 is 5.97 Å². The number of rotatable bonds is 3. The first-order valence-electron chi connectivity index (χ1n) is 4.06. The predicted molar refractivity (Wildman–Crippen MR) is 49.1 cm³/mol. The topological polar surface area (TPSA) is 78.9 Å². The third-order valence-corrected chi connectivity index (χ3v) is 1.69. The number of nitriles is 1. The van der Waals surface area contributed by atoms with Crippen molar-refractivity contribution in [2.45, 2.75) is 13.5 Å². The molecule has 0 amide bonds. The van der Waals surface area contributed by atoms with Crippen LogP contribution in [-0.2, 0) is 11.3 Å². The lowest BCUT2D eigenvalue weighted by Crippen LogP contribution is -2.02. The van der Waals surface area contributed by atoms with E-state index in [2.05, 4.69) is 5.10 Å². The molecule has 0 atom stereocenters. The van der Waals surface area contributed by atoms with Crippen molar-refractivity contribution < 1.29 is 9.90 Å². The van der Waals surface area contributed by atoms with E-state index >= 15 is 0 Å². The van der Waals surface area contributed by atoms with Gasteiger partial charge in [-0.25, -0.2) is 4.79 Å². The summed E-state index contributed by atoms with van der Waals surface area (Å²) in [6.45, 7) is 2.52. The lowest BCUT2D eigenvalue weighted by atomic mass is 10.2. The molecule has 0 saturated heterocycles. The van der Waals surface area contributed by atoms with Gasteiger partial charge >= 0.3 is 5.97 Å². The SMILES string of the molecule is CCn1nccc1/C=C(/C#N)C(=O)O. The van der Waals surface area contributed by atoms with Crippen molar-refractivity contribution >= 4 is 12.0 Å². The number of carboxylic acid groups (broad SMARTS) is 1. The summed E-state index contributed by atoms with van der Waals surface area (Å²) >= 11 is 0. The second-order valence-electron chi connectivity index (χ2n) is 2.55. The highest BCUT2D eigenvalue weighted by molar-refractivity contribution is 5.96. The quantitative estimate of drug-likeness (QED) is 0.568. The van der Waals surface area contributed by atoms with Crippen LogP contribution in [-0.4, -0.2) is 20.9 Å². The Hall–Kier alpha value is -2.09. The summed E-state index contributed by atoms with van der Waals surface area (Å²) < 4.78 is 1.61. The lowest BCUT2D eigenvalue weighted by molar-refractivity contribution is -0.132. The molecule has 5 nitrogen and oxygen atoms in total. The molecule has 0 aliphatic carbocycles. The predicted octanol–water partition coefficient (Wildman–Crippen LogP) is 0.895. The lowest BCUT2D eigenvalue weighted by Gasteiger charge is -1.98. The van der Waals surface area contributed by atoms with E-state index in [0.717, 1.165) is 0 Å². The maximum Gasteiger partial charge on any atom is 0.346 e. The molecule has 0 saturated carbocycles. The Morgan fingerprint density at radius 1 is 1.86 bits per heavy atom. The molecule has 0 bridgehead atoms. The van der Waals surface area contributed by atoms with Crippen LogP contribution in [0.5, 0.6) is 0 Å². The Balaban J connectivity index is 3.07. The van der Waals surface area contributed by atoms with Crippen LogP contribution in [0.2, 0.25) is 0 Å². The van der Waals surface area contributed by atoms with Gasteiger partial charge in [0.15, 0.2) is 0 Å². The third kappa shape index (κ3) is 1.98. The van der Waals surface area contributed by atoms with Gasteiger partial charge in [0.1, 0.15) is 11.6 Å². The number of aryl methyl sites for hydroxylation is 1. The highest BCUT2D eigenvalue weighted by Crippen LogP contribution is 2.06. The first-order valence-corrected chi connectivity index (χ1v) is 4.06. The minimum Gasteiger partial charge on any atom is -0.477 e. The van der Waals surface area contributed by atoms with Gasteiger partial charge in [0, 0.05) is 12.7 Å². The van der Waals surface area contributed by atoms with Crippen molar-refractivity contribution in [1.82, 2.24) is 9.78 Å². The Kier molecular flexibility index (Phi) is 3.02. The van der Waals surface area contributed by atoms with Crippen molar-refractivity contribution in [3.05, 3.63) is 23.5 Å². The molecule has 0 aliphatic rings. The van der Waals surface area contributed by atoms with Gasteiger partial charge in [-0.3, -0.25) is 4.68 Å². The molecule has 0 aromatic carbocycles. The van der Waals surface area contributed by atoms with E-state index in [9.17, 15) is 4.79 Å². The van der Waals surface area contributed by atoms with Gasteiger partial charge in [-0.1, -0.05) is 0 Å². The number of hydrogen-bond donors (Lipinski definition) is 1. The van der Waals surface area contributed by atoms with E-state index in [1.165, 1.54) is 6.08 Å². The van der Waals surface area contributed by atoms with Crippen LogP contribution in [0.1, 0.15) is 12.6 Å². The zero-order valence-electron chi connectivity index (χ0n) is 7.64. The van der Waals surface area contributed by atoms with Crippen LogP contribution in [0.15, 0.2) is 17.8 Å². The van der Waals surface area contributed by atoms with Gasteiger partial charge in [0.2, 0.25) is 0 Å². The summed E-state index contributed by atoms with van der Waals surface area (Å²) in [7, 11) is 0. The minimum absolute atomic E-state index is 0.291. The van der Waals surface area contributed by atoms with Crippen LogP contribution in [0.25, 0.3) is 6.08 Å². The van der Waals surface area contributed by atoms with Crippen LogP contribution in [0.4, 0.5) is 0 Å². The summed E-state index contributed by atoms with van der Waals surface area (Å²) in [6.07, 6.45) is 2.87. The van der Waals surface area contributed by atoms with Gasteiger partial charge in [-0.05, 0) is 19.1 Å². The molecule has 1 rings (SSSR count). The molecule has 0 fully saturated rings. The highest BCUT2D eigenvalue weighted by atomic mass is 16.4. The summed E-state index contributed by atoms with van der Waals surface area (Å²) in [5.74, 6) is -1.23. The van der Waals surface area contributed by atoms with Gasteiger partial charge in [0.05, 0.1) is 5.69 Å². The monoisotopic (exact) mass is 191 g/mol. The molecule has 72 valence electrons. The Morgan fingerprint density at radius 3 is 3.07 bits per heavy atom. The fourth-order valence-electron chi connectivity index (χ4n) is 1.02. The fourth-order valence-corrected chi connectivity index (χ4v) is 1.02. The molecule has 0 spiro atoms. The molecule has 1 aromatic heterocycles. The second-order valence-corrected chi connectivity index (χ2v) is 2.55. The average molecular weight is 191 g/mol. The minimum atomic E-state index is -1.23. The zero-order chi connectivity index (χ0) is 10.6.